The summed E-state index contributed by atoms with van der Waals surface area (Å²) in [5, 5.41) is 9.11. The molecular formula is C14H21NO. The quantitative estimate of drug-likeness (QED) is 0.826. The summed E-state index contributed by atoms with van der Waals surface area (Å²) in [5.41, 5.74) is 3.85. The van der Waals surface area contributed by atoms with E-state index in [0.717, 1.165) is 12.1 Å². The molecule has 1 heterocycles. The Balaban J connectivity index is 2.34. The van der Waals surface area contributed by atoms with Gasteiger partial charge in [-0.3, -0.25) is 0 Å². The molecule has 1 aliphatic heterocycles. The molecule has 0 unspecified atom stereocenters. The molecule has 2 heteroatoms. The Morgan fingerprint density at radius 1 is 1.38 bits per heavy atom. The van der Waals surface area contributed by atoms with Crippen molar-refractivity contribution in [1.82, 2.24) is 0 Å². The van der Waals surface area contributed by atoms with Gasteiger partial charge in [-0.1, -0.05) is 12.1 Å². The molecule has 0 aliphatic carbocycles. The number of hydrogen-bond acceptors (Lipinski definition) is 2. The fourth-order valence-electron chi connectivity index (χ4n) is 2.67. The van der Waals surface area contributed by atoms with E-state index in [2.05, 4.69) is 37.8 Å². The summed E-state index contributed by atoms with van der Waals surface area (Å²) in [6.07, 6.45) is 2.53. The molecule has 16 heavy (non-hydrogen) atoms. The maximum Gasteiger partial charge on any atom is 0.0681 e. The second-order valence-corrected chi connectivity index (χ2v) is 5.35. The summed E-state index contributed by atoms with van der Waals surface area (Å²) in [5.74, 6) is 0. The van der Waals surface area contributed by atoms with E-state index < -0.39 is 0 Å². The topological polar surface area (TPSA) is 23.5 Å². The van der Waals surface area contributed by atoms with Crippen molar-refractivity contribution in [1.29, 1.82) is 0 Å². The Labute approximate surface area is 97.9 Å². The number of aliphatic hydroxyl groups excluding tert-OH is 1. The highest BCUT2D eigenvalue weighted by molar-refractivity contribution is 5.57. The third-order valence-electron chi connectivity index (χ3n) is 3.64. The number of rotatable bonds is 2. The van der Waals surface area contributed by atoms with Gasteiger partial charge in [-0.15, -0.1) is 0 Å². The van der Waals surface area contributed by atoms with Gasteiger partial charge >= 0.3 is 0 Å². The first kappa shape index (κ1) is 11.5. The van der Waals surface area contributed by atoms with E-state index >= 15 is 0 Å². The Hall–Kier alpha value is -1.02. The minimum absolute atomic E-state index is 0.129. The summed E-state index contributed by atoms with van der Waals surface area (Å²) in [6, 6.07) is 6.26. The number of anilines is 1. The molecule has 2 nitrogen and oxygen atoms in total. The lowest BCUT2D eigenvalue weighted by Crippen LogP contribution is -2.38. The molecule has 0 bridgehead atoms. The summed E-state index contributed by atoms with van der Waals surface area (Å²) >= 11 is 0. The maximum atomic E-state index is 9.11. The number of aliphatic hydroxyl groups is 1. The third-order valence-corrected chi connectivity index (χ3v) is 3.64. The highest BCUT2D eigenvalue weighted by atomic mass is 16.3. The zero-order valence-corrected chi connectivity index (χ0v) is 10.5. The van der Waals surface area contributed by atoms with Crippen molar-refractivity contribution in [2.24, 2.45) is 0 Å². The van der Waals surface area contributed by atoms with Crippen LogP contribution in [-0.2, 0) is 6.61 Å². The Bertz CT molecular complexity index is 384. The molecule has 2 rings (SSSR count). The van der Waals surface area contributed by atoms with Crippen LogP contribution in [0.4, 0.5) is 5.69 Å². The van der Waals surface area contributed by atoms with Crippen LogP contribution in [-0.4, -0.2) is 17.2 Å². The monoisotopic (exact) mass is 219 g/mol. The van der Waals surface area contributed by atoms with Gasteiger partial charge in [-0.25, -0.2) is 0 Å². The van der Waals surface area contributed by atoms with E-state index in [1.807, 2.05) is 6.07 Å². The SMILES string of the molecule is Cc1cc(CO)ccc1N1CCCC1(C)C. The van der Waals surface area contributed by atoms with Crippen molar-refractivity contribution in [3.63, 3.8) is 0 Å². The normalized spacial score (nSPS) is 19.1. The molecule has 1 aromatic carbocycles. The van der Waals surface area contributed by atoms with Crippen molar-refractivity contribution in [2.45, 2.75) is 45.8 Å². The van der Waals surface area contributed by atoms with Gasteiger partial charge in [0.1, 0.15) is 0 Å². The van der Waals surface area contributed by atoms with E-state index in [-0.39, 0.29) is 12.1 Å². The van der Waals surface area contributed by atoms with Gasteiger partial charge in [-0.2, -0.15) is 0 Å². The van der Waals surface area contributed by atoms with E-state index in [1.165, 1.54) is 24.1 Å². The molecule has 0 saturated carbocycles. The van der Waals surface area contributed by atoms with Crippen molar-refractivity contribution in [3.8, 4) is 0 Å². The van der Waals surface area contributed by atoms with Crippen molar-refractivity contribution < 1.29 is 5.11 Å². The van der Waals surface area contributed by atoms with Crippen LogP contribution in [0.3, 0.4) is 0 Å². The molecular weight excluding hydrogens is 198 g/mol. The van der Waals surface area contributed by atoms with E-state index in [9.17, 15) is 0 Å². The second kappa shape index (κ2) is 4.10. The average molecular weight is 219 g/mol. The first-order valence-electron chi connectivity index (χ1n) is 6.02. The van der Waals surface area contributed by atoms with Gasteiger partial charge in [0.05, 0.1) is 6.61 Å². The fourth-order valence-corrected chi connectivity index (χ4v) is 2.67. The molecule has 0 spiro atoms. The van der Waals surface area contributed by atoms with Gasteiger partial charge in [0.2, 0.25) is 0 Å². The number of aryl methyl sites for hydroxylation is 1. The van der Waals surface area contributed by atoms with E-state index in [4.69, 9.17) is 5.11 Å². The minimum atomic E-state index is 0.129. The Morgan fingerprint density at radius 2 is 2.12 bits per heavy atom. The number of nitrogens with zero attached hydrogens (tertiary/aromatic N) is 1. The van der Waals surface area contributed by atoms with Gasteiger partial charge in [0.15, 0.2) is 0 Å². The molecule has 0 radical (unpaired) electrons. The van der Waals surface area contributed by atoms with Crippen LogP contribution in [0.1, 0.15) is 37.8 Å². The molecule has 1 aromatic rings. The maximum absolute atomic E-state index is 9.11. The highest BCUT2D eigenvalue weighted by Gasteiger charge is 2.32. The summed E-state index contributed by atoms with van der Waals surface area (Å²) in [7, 11) is 0. The van der Waals surface area contributed by atoms with Crippen molar-refractivity contribution >= 4 is 5.69 Å². The standard InChI is InChI=1S/C14H21NO/c1-11-9-12(10-16)5-6-13(11)15-8-4-7-14(15,2)3/h5-6,9,16H,4,7-8,10H2,1-3H3. The molecule has 88 valence electrons. The van der Waals surface area contributed by atoms with Crippen molar-refractivity contribution in [2.75, 3.05) is 11.4 Å². The van der Waals surface area contributed by atoms with Crippen LogP contribution >= 0.6 is 0 Å². The Morgan fingerprint density at radius 3 is 2.62 bits per heavy atom. The van der Waals surface area contributed by atoms with Gasteiger partial charge < -0.3 is 10.0 Å². The van der Waals surface area contributed by atoms with Gasteiger partial charge in [0, 0.05) is 17.8 Å². The fraction of sp³-hybridized carbons (Fsp3) is 0.571. The lowest BCUT2D eigenvalue weighted by molar-refractivity contribution is 0.282. The largest absolute Gasteiger partial charge is 0.392 e. The Kier molecular flexibility index (Phi) is 2.94. The molecule has 1 aliphatic rings. The van der Waals surface area contributed by atoms with E-state index in [0.29, 0.717) is 0 Å². The van der Waals surface area contributed by atoms with Crippen LogP contribution < -0.4 is 4.90 Å². The first-order valence-corrected chi connectivity index (χ1v) is 6.02. The summed E-state index contributed by atoms with van der Waals surface area (Å²) in [6.45, 7) is 8.01. The number of hydrogen-bond donors (Lipinski definition) is 1. The molecule has 0 aromatic heterocycles. The van der Waals surface area contributed by atoms with Gasteiger partial charge in [0.25, 0.3) is 0 Å². The summed E-state index contributed by atoms with van der Waals surface area (Å²) in [4.78, 5) is 2.49. The minimum Gasteiger partial charge on any atom is -0.392 e. The molecule has 0 amide bonds. The summed E-state index contributed by atoms with van der Waals surface area (Å²) < 4.78 is 0. The van der Waals surface area contributed by atoms with E-state index in [1.54, 1.807) is 0 Å². The smallest absolute Gasteiger partial charge is 0.0681 e. The van der Waals surface area contributed by atoms with Crippen LogP contribution in [0.5, 0.6) is 0 Å². The number of benzene rings is 1. The zero-order valence-electron chi connectivity index (χ0n) is 10.5. The average Bonchev–Trinajstić information content (AvgIpc) is 2.58. The van der Waals surface area contributed by atoms with Crippen LogP contribution in [0.15, 0.2) is 18.2 Å². The van der Waals surface area contributed by atoms with Crippen molar-refractivity contribution in [3.05, 3.63) is 29.3 Å². The lowest BCUT2D eigenvalue weighted by atomic mass is 10.00. The molecule has 1 N–H and O–H groups in total. The molecule has 1 fully saturated rings. The first-order chi connectivity index (χ1) is 7.54. The predicted octanol–water partition coefficient (Wildman–Crippen LogP) is 2.87. The predicted molar refractivity (Wildman–Crippen MR) is 67.8 cm³/mol. The lowest BCUT2D eigenvalue weighted by Gasteiger charge is -2.35. The van der Waals surface area contributed by atoms with Crippen LogP contribution in [0.25, 0.3) is 0 Å². The third kappa shape index (κ3) is 1.94. The zero-order chi connectivity index (χ0) is 11.8. The highest BCUT2D eigenvalue weighted by Crippen LogP contribution is 2.35. The molecule has 0 atom stereocenters. The second-order valence-electron chi connectivity index (χ2n) is 5.35. The molecule has 1 saturated heterocycles. The van der Waals surface area contributed by atoms with Crippen LogP contribution in [0.2, 0.25) is 0 Å². The van der Waals surface area contributed by atoms with Crippen LogP contribution in [0, 0.1) is 6.92 Å². The van der Waals surface area contributed by atoms with Gasteiger partial charge in [-0.05, 0) is 50.8 Å².